The fourth-order valence-electron chi connectivity index (χ4n) is 1.02. The Kier molecular flexibility index (Phi) is 6.91. The van der Waals surface area contributed by atoms with Gasteiger partial charge in [0.2, 0.25) is 0 Å². The van der Waals surface area contributed by atoms with E-state index < -0.39 is 0 Å². The van der Waals surface area contributed by atoms with Crippen LogP contribution in [-0.4, -0.2) is 6.61 Å². The molecular weight excluding hydrogens is 172 g/mol. The van der Waals surface area contributed by atoms with Gasteiger partial charge in [0.15, 0.2) is 0 Å². The van der Waals surface area contributed by atoms with Crippen LogP contribution in [0.3, 0.4) is 0 Å². The Balaban J connectivity index is 3.67. The van der Waals surface area contributed by atoms with Crippen molar-refractivity contribution < 1.29 is 4.74 Å². The molecule has 0 bridgehead atoms. The zero-order valence-corrected chi connectivity index (χ0v) is 9.89. The largest absolute Gasteiger partial charge is 0.495 e. The SMILES string of the molecule is C=C(C)OCC=C(C)CCC=C(C)C. The third-order valence-electron chi connectivity index (χ3n) is 1.85. The molecule has 0 atom stereocenters. The number of hydrogen-bond donors (Lipinski definition) is 0. The smallest absolute Gasteiger partial charge is 0.106 e. The lowest BCUT2D eigenvalue weighted by Gasteiger charge is -2.02. The van der Waals surface area contributed by atoms with E-state index in [0.29, 0.717) is 6.61 Å². The van der Waals surface area contributed by atoms with Gasteiger partial charge in [-0.3, -0.25) is 0 Å². The zero-order valence-electron chi connectivity index (χ0n) is 9.89. The van der Waals surface area contributed by atoms with Crippen molar-refractivity contribution >= 4 is 0 Å². The van der Waals surface area contributed by atoms with Gasteiger partial charge in [0.1, 0.15) is 6.61 Å². The van der Waals surface area contributed by atoms with Gasteiger partial charge in [0.05, 0.1) is 5.76 Å². The first-order valence-corrected chi connectivity index (χ1v) is 5.09. The van der Waals surface area contributed by atoms with Crippen LogP contribution >= 0.6 is 0 Å². The lowest BCUT2D eigenvalue weighted by Crippen LogP contribution is -1.88. The predicted molar refractivity (Wildman–Crippen MR) is 63.2 cm³/mol. The normalized spacial score (nSPS) is 11.0. The maximum atomic E-state index is 5.25. The third-order valence-corrected chi connectivity index (χ3v) is 1.85. The second-order valence-electron chi connectivity index (χ2n) is 3.88. The number of allylic oxidation sites excluding steroid dienone is 4. The molecular formula is C13H22O. The van der Waals surface area contributed by atoms with Gasteiger partial charge in [-0.1, -0.05) is 23.8 Å². The van der Waals surface area contributed by atoms with E-state index in [4.69, 9.17) is 4.74 Å². The Labute approximate surface area is 88.2 Å². The van der Waals surface area contributed by atoms with Crippen LogP contribution in [0.25, 0.3) is 0 Å². The van der Waals surface area contributed by atoms with Gasteiger partial charge < -0.3 is 4.74 Å². The van der Waals surface area contributed by atoms with E-state index in [1.165, 1.54) is 11.1 Å². The second kappa shape index (κ2) is 7.43. The van der Waals surface area contributed by atoms with E-state index in [9.17, 15) is 0 Å². The van der Waals surface area contributed by atoms with Gasteiger partial charge in [-0.05, 0) is 46.6 Å². The predicted octanol–water partition coefficient (Wildman–Crippen LogP) is 4.23. The molecule has 14 heavy (non-hydrogen) atoms. The lowest BCUT2D eigenvalue weighted by molar-refractivity contribution is 0.251. The fraction of sp³-hybridized carbons (Fsp3) is 0.538. The molecule has 0 heterocycles. The quantitative estimate of drug-likeness (QED) is 0.454. The van der Waals surface area contributed by atoms with Crippen molar-refractivity contribution in [1.29, 1.82) is 0 Å². The molecule has 0 rings (SSSR count). The van der Waals surface area contributed by atoms with E-state index >= 15 is 0 Å². The molecule has 0 aliphatic heterocycles. The molecule has 1 nitrogen and oxygen atoms in total. The van der Waals surface area contributed by atoms with Crippen LogP contribution in [-0.2, 0) is 4.74 Å². The Hall–Kier alpha value is -0.980. The highest BCUT2D eigenvalue weighted by Crippen LogP contribution is 2.06. The van der Waals surface area contributed by atoms with E-state index in [1.54, 1.807) is 0 Å². The van der Waals surface area contributed by atoms with Crippen LogP contribution in [0.2, 0.25) is 0 Å². The summed E-state index contributed by atoms with van der Waals surface area (Å²) in [5.41, 5.74) is 2.76. The van der Waals surface area contributed by atoms with Crippen LogP contribution in [0.15, 0.2) is 35.6 Å². The highest BCUT2D eigenvalue weighted by atomic mass is 16.5. The van der Waals surface area contributed by atoms with Crippen molar-refractivity contribution in [3.05, 3.63) is 35.6 Å². The Morgan fingerprint density at radius 2 is 1.79 bits per heavy atom. The Morgan fingerprint density at radius 1 is 1.14 bits per heavy atom. The average molecular weight is 194 g/mol. The summed E-state index contributed by atoms with van der Waals surface area (Å²) < 4.78 is 5.25. The van der Waals surface area contributed by atoms with Crippen LogP contribution in [0.5, 0.6) is 0 Å². The molecule has 0 fully saturated rings. The van der Waals surface area contributed by atoms with E-state index in [2.05, 4.69) is 39.5 Å². The summed E-state index contributed by atoms with van der Waals surface area (Å²) in [4.78, 5) is 0. The second-order valence-corrected chi connectivity index (χ2v) is 3.88. The van der Waals surface area contributed by atoms with E-state index in [0.717, 1.165) is 18.6 Å². The van der Waals surface area contributed by atoms with Gasteiger partial charge >= 0.3 is 0 Å². The van der Waals surface area contributed by atoms with Gasteiger partial charge in [0.25, 0.3) is 0 Å². The molecule has 0 aromatic heterocycles. The molecule has 0 saturated heterocycles. The highest BCUT2D eigenvalue weighted by Gasteiger charge is 1.89. The molecule has 0 unspecified atom stereocenters. The van der Waals surface area contributed by atoms with Crippen LogP contribution in [0.1, 0.15) is 40.5 Å². The Morgan fingerprint density at radius 3 is 2.29 bits per heavy atom. The first-order valence-electron chi connectivity index (χ1n) is 5.09. The Bertz CT molecular complexity index is 230. The maximum absolute atomic E-state index is 5.25. The third kappa shape index (κ3) is 9.11. The molecule has 0 aliphatic rings. The monoisotopic (exact) mass is 194 g/mol. The fourth-order valence-corrected chi connectivity index (χ4v) is 1.02. The summed E-state index contributed by atoms with van der Waals surface area (Å²) >= 11 is 0. The molecule has 0 N–H and O–H groups in total. The first-order chi connectivity index (χ1) is 6.52. The van der Waals surface area contributed by atoms with Crippen molar-refractivity contribution in [2.75, 3.05) is 6.61 Å². The summed E-state index contributed by atoms with van der Waals surface area (Å²) in [6, 6.07) is 0. The minimum atomic E-state index is 0.649. The summed E-state index contributed by atoms with van der Waals surface area (Å²) in [5.74, 6) is 0.776. The van der Waals surface area contributed by atoms with Crippen LogP contribution in [0, 0.1) is 0 Å². The topological polar surface area (TPSA) is 9.23 Å². The van der Waals surface area contributed by atoms with Crippen LogP contribution in [0.4, 0.5) is 0 Å². The first kappa shape index (κ1) is 13.0. The summed E-state index contributed by atoms with van der Waals surface area (Å²) in [5, 5.41) is 0. The van der Waals surface area contributed by atoms with Crippen molar-refractivity contribution in [3.63, 3.8) is 0 Å². The number of rotatable bonds is 6. The highest BCUT2D eigenvalue weighted by molar-refractivity contribution is 5.02. The van der Waals surface area contributed by atoms with E-state index in [1.807, 2.05) is 6.92 Å². The number of hydrogen-bond acceptors (Lipinski definition) is 1. The minimum absolute atomic E-state index is 0.649. The maximum Gasteiger partial charge on any atom is 0.106 e. The van der Waals surface area contributed by atoms with Crippen molar-refractivity contribution in [3.8, 4) is 0 Å². The van der Waals surface area contributed by atoms with Crippen molar-refractivity contribution in [1.82, 2.24) is 0 Å². The lowest BCUT2D eigenvalue weighted by atomic mass is 10.1. The van der Waals surface area contributed by atoms with Crippen LogP contribution < -0.4 is 0 Å². The molecule has 80 valence electrons. The van der Waals surface area contributed by atoms with E-state index in [-0.39, 0.29) is 0 Å². The van der Waals surface area contributed by atoms with Crippen molar-refractivity contribution in [2.24, 2.45) is 0 Å². The van der Waals surface area contributed by atoms with Gasteiger partial charge in [-0.25, -0.2) is 0 Å². The van der Waals surface area contributed by atoms with Crippen molar-refractivity contribution in [2.45, 2.75) is 40.5 Å². The van der Waals surface area contributed by atoms with Gasteiger partial charge in [-0.2, -0.15) is 0 Å². The summed E-state index contributed by atoms with van der Waals surface area (Å²) in [6.07, 6.45) is 6.62. The van der Waals surface area contributed by atoms with Gasteiger partial charge in [0, 0.05) is 0 Å². The molecule has 0 aromatic carbocycles. The molecule has 0 radical (unpaired) electrons. The molecule has 0 amide bonds. The summed E-state index contributed by atoms with van der Waals surface area (Å²) in [7, 11) is 0. The number of ether oxygens (including phenoxy) is 1. The average Bonchev–Trinajstić information content (AvgIpc) is 2.02. The molecule has 0 spiro atoms. The molecule has 0 saturated carbocycles. The molecule has 1 heteroatoms. The zero-order chi connectivity index (χ0) is 11.0. The van der Waals surface area contributed by atoms with Gasteiger partial charge in [-0.15, -0.1) is 0 Å². The minimum Gasteiger partial charge on any atom is -0.495 e. The molecule has 0 aromatic rings. The standard InChI is InChI=1S/C13H22O/c1-11(2)7-6-8-13(5)9-10-14-12(3)4/h7,9H,3,6,8,10H2,1-2,4-5H3. The molecule has 0 aliphatic carbocycles. The summed E-state index contributed by atoms with van der Waals surface area (Å²) in [6.45, 7) is 12.6.